The van der Waals surface area contributed by atoms with E-state index < -0.39 is 82.3 Å². The molecule has 0 saturated heterocycles. The van der Waals surface area contributed by atoms with Gasteiger partial charge < -0.3 is 24.1 Å². The lowest BCUT2D eigenvalue weighted by molar-refractivity contribution is -0.182. The van der Waals surface area contributed by atoms with E-state index in [1.165, 1.54) is 27.7 Å². The molecule has 0 aliphatic heterocycles. The molecule has 0 spiro atoms. The first-order valence-corrected chi connectivity index (χ1v) is 13.6. The van der Waals surface area contributed by atoms with Crippen LogP contribution in [-0.4, -0.2) is 65.3 Å². The number of carbonyl (C=O) groups is 5. The third kappa shape index (κ3) is 5.22. The molecule has 10 heteroatoms. The molecule has 0 aromatic rings. The molecule has 40 heavy (non-hydrogen) atoms. The van der Waals surface area contributed by atoms with Gasteiger partial charge in [0.05, 0.1) is 11.5 Å². The second-order valence-electron chi connectivity index (χ2n) is 12.5. The van der Waals surface area contributed by atoms with Gasteiger partial charge in [0.2, 0.25) is 0 Å². The first-order chi connectivity index (χ1) is 18.3. The quantitative estimate of drug-likeness (QED) is 0.308. The Balaban J connectivity index is 2.49. The number of esters is 4. The highest BCUT2D eigenvalue weighted by molar-refractivity contribution is 5.95. The van der Waals surface area contributed by atoms with E-state index in [-0.39, 0.29) is 12.8 Å². The summed E-state index contributed by atoms with van der Waals surface area (Å²) < 4.78 is 23.0. The van der Waals surface area contributed by atoms with E-state index in [4.69, 9.17) is 18.9 Å². The van der Waals surface area contributed by atoms with Gasteiger partial charge in [0.25, 0.3) is 0 Å². The lowest BCUT2D eigenvalue weighted by atomic mass is 9.49. The first-order valence-electron chi connectivity index (χ1n) is 13.6. The number of aliphatic hydroxyl groups is 1. The lowest BCUT2D eigenvalue weighted by Crippen LogP contribution is -2.63. The Hall–Kier alpha value is -3.01. The number of hydrogen-bond donors (Lipinski definition) is 1. The van der Waals surface area contributed by atoms with Crippen molar-refractivity contribution in [2.24, 2.45) is 22.2 Å². The summed E-state index contributed by atoms with van der Waals surface area (Å²) in [6, 6.07) is 0. The molecule has 0 aromatic heterocycles. The average molecular weight is 563 g/mol. The smallest absolute Gasteiger partial charge is 0.303 e. The predicted octanol–water partition coefficient (Wildman–Crippen LogP) is 3.38. The Labute approximate surface area is 235 Å². The van der Waals surface area contributed by atoms with Crippen LogP contribution in [0.3, 0.4) is 0 Å². The highest BCUT2D eigenvalue weighted by Gasteiger charge is 2.64. The molecule has 1 N–H and O–H groups in total. The summed E-state index contributed by atoms with van der Waals surface area (Å²) in [6.07, 6.45) is -3.42. The largest absolute Gasteiger partial charge is 0.461 e. The fourth-order valence-electron chi connectivity index (χ4n) is 7.13. The summed E-state index contributed by atoms with van der Waals surface area (Å²) in [5.74, 6) is -3.46. The van der Waals surface area contributed by atoms with Crippen molar-refractivity contribution >= 4 is 29.7 Å². The van der Waals surface area contributed by atoms with Gasteiger partial charge in [-0.25, -0.2) is 0 Å². The molecule has 3 aliphatic carbocycles. The molecule has 10 nitrogen and oxygen atoms in total. The molecule has 3 rings (SSSR count). The summed E-state index contributed by atoms with van der Waals surface area (Å²) in [5.41, 5.74) is -2.11. The normalized spacial score (nSPS) is 34.7. The van der Waals surface area contributed by atoms with Crippen LogP contribution in [-0.2, 0) is 42.9 Å². The van der Waals surface area contributed by atoms with E-state index >= 15 is 0 Å². The summed E-state index contributed by atoms with van der Waals surface area (Å²) >= 11 is 0. The monoisotopic (exact) mass is 562 g/mol. The van der Waals surface area contributed by atoms with Gasteiger partial charge in [-0.2, -0.15) is 0 Å². The molecule has 222 valence electrons. The molecule has 0 aromatic carbocycles. The number of aliphatic hydroxyl groups excluding tert-OH is 1. The topological polar surface area (TPSA) is 142 Å². The minimum atomic E-state index is -1.49. The average Bonchev–Trinajstić information content (AvgIpc) is 2.78. The molecule has 1 fully saturated rings. The second kappa shape index (κ2) is 10.8. The number of ether oxygens (including phenoxy) is 4. The molecule has 7 unspecified atom stereocenters. The fraction of sp³-hybridized carbons (Fsp3) is 0.700. The summed E-state index contributed by atoms with van der Waals surface area (Å²) in [4.78, 5) is 64.1. The van der Waals surface area contributed by atoms with E-state index in [1.807, 2.05) is 13.8 Å². The van der Waals surface area contributed by atoms with Crippen molar-refractivity contribution in [3.05, 3.63) is 22.8 Å². The van der Waals surface area contributed by atoms with Gasteiger partial charge in [-0.1, -0.05) is 27.7 Å². The Kier molecular flexibility index (Phi) is 8.48. The van der Waals surface area contributed by atoms with Crippen molar-refractivity contribution in [3.63, 3.8) is 0 Å². The standard InChI is InChI=1S/C30H42O10/c1-14-22(37-15(2)31)12-20-23(38-16(3)32)11-19-21(35)13-24(39-17(4)33)30(10,29(19,8)9)27(36)26(40-18(5)34)25(14)28(20,6)7/h11,20-24,26,35H,12-13H2,1-10H3. The van der Waals surface area contributed by atoms with Gasteiger partial charge in [0, 0.05) is 45.4 Å². The van der Waals surface area contributed by atoms with Crippen LogP contribution in [0, 0.1) is 22.2 Å². The van der Waals surface area contributed by atoms with Crippen LogP contribution in [0.25, 0.3) is 0 Å². The third-order valence-corrected chi connectivity index (χ3v) is 9.41. The zero-order valence-corrected chi connectivity index (χ0v) is 25.1. The van der Waals surface area contributed by atoms with E-state index in [0.717, 1.165) is 0 Å². The maximum atomic E-state index is 14.9. The van der Waals surface area contributed by atoms with Crippen LogP contribution < -0.4 is 0 Å². The molecular formula is C30H42O10. The molecule has 3 aliphatic rings. The van der Waals surface area contributed by atoms with Gasteiger partial charge in [0.1, 0.15) is 18.3 Å². The Morgan fingerprint density at radius 1 is 0.825 bits per heavy atom. The minimum absolute atomic E-state index is 0.0845. The van der Waals surface area contributed by atoms with Crippen molar-refractivity contribution in [2.45, 2.75) is 113 Å². The zero-order valence-electron chi connectivity index (χ0n) is 25.1. The minimum Gasteiger partial charge on any atom is -0.461 e. The molecule has 7 atom stereocenters. The fourth-order valence-corrected chi connectivity index (χ4v) is 7.13. The van der Waals surface area contributed by atoms with E-state index in [9.17, 15) is 29.1 Å². The van der Waals surface area contributed by atoms with Crippen LogP contribution in [0.15, 0.2) is 22.8 Å². The van der Waals surface area contributed by atoms with E-state index in [1.54, 1.807) is 33.8 Å². The van der Waals surface area contributed by atoms with Gasteiger partial charge in [-0.3, -0.25) is 24.0 Å². The molecule has 1 saturated carbocycles. The molecule has 0 heterocycles. The van der Waals surface area contributed by atoms with Gasteiger partial charge in [0.15, 0.2) is 11.9 Å². The Morgan fingerprint density at radius 3 is 1.85 bits per heavy atom. The second-order valence-corrected chi connectivity index (χ2v) is 12.5. The van der Waals surface area contributed by atoms with Gasteiger partial charge >= 0.3 is 23.9 Å². The maximum absolute atomic E-state index is 14.9. The molecule has 0 radical (unpaired) electrons. The van der Waals surface area contributed by atoms with Crippen molar-refractivity contribution in [3.8, 4) is 0 Å². The van der Waals surface area contributed by atoms with E-state index in [0.29, 0.717) is 16.7 Å². The first kappa shape index (κ1) is 31.5. The maximum Gasteiger partial charge on any atom is 0.303 e. The van der Waals surface area contributed by atoms with Gasteiger partial charge in [-0.15, -0.1) is 0 Å². The van der Waals surface area contributed by atoms with Crippen molar-refractivity contribution in [2.75, 3.05) is 0 Å². The van der Waals surface area contributed by atoms with Crippen LogP contribution in [0.5, 0.6) is 0 Å². The third-order valence-electron chi connectivity index (χ3n) is 9.41. The van der Waals surface area contributed by atoms with Crippen LogP contribution >= 0.6 is 0 Å². The SMILES string of the molecule is CC(=O)OC1CC2C(OC(C)=O)C=C3C(O)CC(OC(C)=O)C(C)(C(=O)C(OC(C)=O)C(=C1C)C2(C)C)C3(C)C. The Morgan fingerprint density at radius 2 is 1.35 bits per heavy atom. The highest BCUT2D eigenvalue weighted by atomic mass is 16.6. The Bertz CT molecular complexity index is 1170. The number of hydrogen-bond acceptors (Lipinski definition) is 10. The summed E-state index contributed by atoms with van der Waals surface area (Å²) in [6.45, 7) is 15.6. The van der Waals surface area contributed by atoms with Gasteiger partial charge in [-0.05, 0) is 48.5 Å². The predicted molar refractivity (Wildman–Crippen MR) is 142 cm³/mol. The lowest BCUT2D eigenvalue weighted by Gasteiger charge is -2.57. The number of Topliss-reactive ketones (excluding diaryl/α,β-unsaturated/α-hetero) is 1. The molecular weight excluding hydrogens is 520 g/mol. The molecule has 0 amide bonds. The van der Waals surface area contributed by atoms with Crippen LogP contribution in [0.1, 0.15) is 82.1 Å². The summed E-state index contributed by atoms with van der Waals surface area (Å²) in [7, 11) is 0. The van der Waals surface area contributed by atoms with Crippen LogP contribution in [0.2, 0.25) is 0 Å². The highest BCUT2D eigenvalue weighted by Crippen LogP contribution is 2.59. The number of fused-ring (bicyclic) bond motifs is 4. The zero-order chi connectivity index (χ0) is 30.5. The van der Waals surface area contributed by atoms with Crippen molar-refractivity contribution < 1.29 is 48.0 Å². The van der Waals surface area contributed by atoms with E-state index in [2.05, 4.69) is 0 Å². The summed E-state index contributed by atoms with van der Waals surface area (Å²) in [5, 5.41) is 11.4. The van der Waals surface area contributed by atoms with Crippen molar-refractivity contribution in [1.82, 2.24) is 0 Å². The number of ketones is 1. The van der Waals surface area contributed by atoms with Crippen molar-refractivity contribution in [1.29, 1.82) is 0 Å². The number of rotatable bonds is 4. The molecule has 4 bridgehead atoms. The number of carbonyl (C=O) groups excluding carboxylic acids is 5. The van der Waals surface area contributed by atoms with Crippen LogP contribution in [0.4, 0.5) is 0 Å².